The molecule has 0 aliphatic heterocycles. The van der Waals surface area contributed by atoms with Crippen LogP contribution >= 0.6 is 0 Å². The lowest BCUT2D eigenvalue weighted by Crippen LogP contribution is -2.26. The van der Waals surface area contributed by atoms with Crippen molar-refractivity contribution in [2.75, 3.05) is 6.61 Å². The van der Waals surface area contributed by atoms with Gasteiger partial charge >= 0.3 is 5.97 Å². The molecule has 0 heterocycles. The summed E-state index contributed by atoms with van der Waals surface area (Å²) in [7, 11) is 0. The standard InChI is InChI=1S/C15H22O2.C2H6/c1-4-15(5-2,6-3)12-17-14(16)13-10-8-7-9-11-13;1-2/h7-11H,4-6,12H2,1-3H3;1-2H3. The van der Waals surface area contributed by atoms with Gasteiger partial charge in [-0.1, -0.05) is 52.8 Å². The van der Waals surface area contributed by atoms with E-state index >= 15 is 0 Å². The van der Waals surface area contributed by atoms with Crippen molar-refractivity contribution < 1.29 is 9.53 Å². The SMILES string of the molecule is CC.CCC(CC)(CC)COC(=O)c1ccccc1. The highest BCUT2D eigenvalue weighted by Gasteiger charge is 2.25. The van der Waals surface area contributed by atoms with Crippen LogP contribution in [0.2, 0.25) is 0 Å². The van der Waals surface area contributed by atoms with Crippen molar-refractivity contribution in [2.24, 2.45) is 5.41 Å². The molecule has 19 heavy (non-hydrogen) atoms. The fourth-order valence-corrected chi connectivity index (χ4v) is 1.93. The summed E-state index contributed by atoms with van der Waals surface area (Å²) in [4.78, 5) is 11.8. The predicted octanol–water partition coefficient (Wildman–Crippen LogP) is 5.09. The molecule has 0 aromatic heterocycles. The van der Waals surface area contributed by atoms with Crippen LogP contribution in [0.4, 0.5) is 0 Å². The first-order valence-electron chi connectivity index (χ1n) is 7.39. The third kappa shape index (κ3) is 5.46. The summed E-state index contributed by atoms with van der Waals surface area (Å²) < 4.78 is 5.43. The molecule has 108 valence electrons. The lowest BCUT2D eigenvalue weighted by molar-refractivity contribution is 0.0246. The van der Waals surface area contributed by atoms with E-state index in [1.54, 1.807) is 12.1 Å². The maximum absolute atomic E-state index is 11.8. The smallest absolute Gasteiger partial charge is 0.338 e. The van der Waals surface area contributed by atoms with Gasteiger partial charge in [-0.25, -0.2) is 4.79 Å². The molecule has 2 nitrogen and oxygen atoms in total. The molecule has 0 N–H and O–H groups in total. The zero-order chi connectivity index (χ0) is 14.7. The number of hydrogen-bond acceptors (Lipinski definition) is 2. The third-order valence-electron chi connectivity index (χ3n) is 3.77. The van der Waals surface area contributed by atoms with Gasteiger partial charge in [-0.3, -0.25) is 0 Å². The molecule has 0 radical (unpaired) electrons. The number of ether oxygens (including phenoxy) is 1. The van der Waals surface area contributed by atoms with Crippen molar-refractivity contribution in [1.29, 1.82) is 0 Å². The lowest BCUT2D eigenvalue weighted by Gasteiger charge is -2.29. The van der Waals surface area contributed by atoms with E-state index in [9.17, 15) is 4.79 Å². The van der Waals surface area contributed by atoms with Gasteiger partial charge in [-0.05, 0) is 31.4 Å². The van der Waals surface area contributed by atoms with Gasteiger partial charge < -0.3 is 4.74 Å². The van der Waals surface area contributed by atoms with Crippen LogP contribution in [0.1, 0.15) is 64.2 Å². The Morgan fingerprint density at radius 1 is 1.00 bits per heavy atom. The van der Waals surface area contributed by atoms with Crippen LogP contribution in [0.5, 0.6) is 0 Å². The van der Waals surface area contributed by atoms with Crippen LogP contribution in [0.25, 0.3) is 0 Å². The summed E-state index contributed by atoms with van der Waals surface area (Å²) in [6.07, 6.45) is 3.13. The molecule has 0 fully saturated rings. The van der Waals surface area contributed by atoms with Gasteiger partial charge in [0.1, 0.15) is 0 Å². The van der Waals surface area contributed by atoms with E-state index in [-0.39, 0.29) is 11.4 Å². The van der Waals surface area contributed by atoms with Gasteiger partial charge in [-0.15, -0.1) is 0 Å². The molecule has 2 heteroatoms. The van der Waals surface area contributed by atoms with Crippen molar-refractivity contribution in [2.45, 2.75) is 53.9 Å². The number of carbonyl (C=O) groups excluding carboxylic acids is 1. The van der Waals surface area contributed by atoms with Gasteiger partial charge in [0.15, 0.2) is 0 Å². The largest absolute Gasteiger partial charge is 0.462 e. The first-order valence-corrected chi connectivity index (χ1v) is 7.39. The van der Waals surface area contributed by atoms with Crippen molar-refractivity contribution in [3.63, 3.8) is 0 Å². The molecule has 0 saturated heterocycles. The van der Waals surface area contributed by atoms with Gasteiger partial charge in [0, 0.05) is 5.41 Å². The van der Waals surface area contributed by atoms with Crippen molar-refractivity contribution in [3.8, 4) is 0 Å². The van der Waals surface area contributed by atoms with Gasteiger partial charge in [0.05, 0.1) is 12.2 Å². The molecule has 0 aliphatic carbocycles. The topological polar surface area (TPSA) is 26.3 Å². The summed E-state index contributed by atoms with van der Waals surface area (Å²) in [5.41, 5.74) is 0.773. The van der Waals surface area contributed by atoms with Crippen LogP contribution in [0.3, 0.4) is 0 Å². The Kier molecular flexibility index (Phi) is 8.94. The molecule has 1 rings (SSSR count). The summed E-state index contributed by atoms with van der Waals surface area (Å²) in [6.45, 7) is 11.0. The summed E-state index contributed by atoms with van der Waals surface area (Å²) in [6, 6.07) is 9.17. The minimum atomic E-state index is -0.217. The minimum Gasteiger partial charge on any atom is -0.462 e. The second kappa shape index (κ2) is 9.60. The Morgan fingerprint density at radius 2 is 1.47 bits per heavy atom. The average molecular weight is 264 g/mol. The van der Waals surface area contributed by atoms with Crippen LogP contribution in [-0.4, -0.2) is 12.6 Å². The molecule has 0 amide bonds. The number of esters is 1. The van der Waals surface area contributed by atoms with E-state index in [0.29, 0.717) is 12.2 Å². The zero-order valence-electron chi connectivity index (χ0n) is 13.0. The van der Waals surface area contributed by atoms with Crippen LogP contribution in [0.15, 0.2) is 30.3 Å². The van der Waals surface area contributed by atoms with E-state index in [1.807, 2.05) is 32.0 Å². The molecule has 1 aromatic rings. The van der Waals surface area contributed by atoms with E-state index in [2.05, 4.69) is 20.8 Å². The monoisotopic (exact) mass is 264 g/mol. The zero-order valence-corrected chi connectivity index (χ0v) is 13.0. The Balaban J connectivity index is 0.00000154. The van der Waals surface area contributed by atoms with Gasteiger partial charge in [-0.2, -0.15) is 0 Å². The summed E-state index contributed by atoms with van der Waals surface area (Å²) in [5.74, 6) is -0.217. The van der Waals surface area contributed by atoms with Gasteiger partial charge in [0.2, 0.25) is 0 Å². The Labute approximate surface area is 118 Å². The quantitative estimate of drug-likeness (QED) is 0.669. The average Bonchev–Trinajstić information content (AvgIpc) is 2.52. The highest BCUT2D eigenvalue weighted by molar-refractivity contribution is 5.89. The summed E-state index contributed by atoms with van der Waals surface area (Å²) in [5, 5.41) is 0. The van der Waals surface area contributed by atoms with Crippen molar-refractivity contribution in [3.05, 3.63) is 35.9 Å². The molecule has 0 saturated carbocycles. The number of carbonyl (C=O) groups is 1. The second-order valence-electron chi connectivity index (χ2n) is 4.50. The van der Waals surface area contributed by atoms with Crippen LogP contribution < -0.4 is 0 Å². The highest BCUT2D eigenvalue weighted by Crippen LogP contribution is 2.30. The molecule has 0 aliphatic rings. The molecule has 0 unspecified atom stereocenters. The first-order chi connectivity index (χ1) is 9.17. The van der Waals surface area contributed by atoms with Gasteiger partial charge in [0.25, 0.3) is 0 Å². The highest BCUT2D eigenvalue weighted by atomic mass is 16.5. The Morgan fingerprint density at radius 3 is 1.89 bits per heavy atom. The van der Waals surface area contributed by atoms with Crippen LogP contribution in [-0.2, 0) is 4.74 Å². The van der Waals surface area contributed by atoms with E-state index in [1.165, 1.54) is 0 Å². The maximum atomic E-state index is 11.8. The molecule has 1 aromatic carbocycles. The number of hydrogen-bond donors (Lipinski definition) is 0. The lowest BCUT2D eigenvalue weighted by atomic mass is 9.81. The Bertz CT molecular complexity index is 331. The van der Waals surface area contributed by atoms with E-state index in [4.69, 9.17) is 4.74 Å². The summed E-state index contributed by atoms with van der Waals surface area (Å²) >= 11 is 0. The maximum Gasteiger partial charge on any atom is 0.338 e. The van der Waals surface area contributed by atoms with Crippen LogP contribution in [0, 0.1) is 5.41 Å². The molecule has 0 bridgehead atoms. The number of benzene rings is 1. The fraction of sp³-hybridized carbons (Fsp3) is 0.588. The number of rotatable bonds is 6. The first kappa shape index (κ1) is 17.7. The molecule has 0 atom stereocenters. The normalized spacial score (nSPS) is 10.4. The third-order valence-corrected chi connectivity index (χ3v) is 3.77. The predicted molar refractivity (Wildman–Crippen MR) is 81.4 cm³/mol. The van der Waals surface area contributed by atoms with E-state index < -0.39 is 0 Å². The minimum absolute atomic E-state index is 0.143. The van der Waals surface area contributed by atoms with Crippen molar-refractivity contribution >= 4 is 5.97 Å². The molecular weight excluding hydrogens is 236 g/mol. The van der Waals surface area contributed by atoms with Crippen molar-refractivity contribution in [1.82, 2.24) is 0 Å². The molecular formula is C17H28O2. The molecule has 0 spiro atoms. The van der Waals surface area contributed by atoms with E-state index in [0.717, 1.165) is 19.3 Å². The fourth-order valence-electron chi connectivity index (χ4n) is 1.93. The second-order valence-corrected chi connectivity index (χ2v) is 4.50. The Hall–Kier alpha value is -1.31.